The molecule has 0 N–H and O–H groups in total. The topological polar surface area (TPSA) is 19.4 Å². The molecule has 0 atom stereocenters. The van der Waals surface area contributed by atoms with Gasteiger partial charge >= 0.3 is 130 Å². The van der Waals surface area contributed by atoms with Crippen LogP contribution < -0.4 is 0 Å². The smallest absolute Gasteiger partial charge is 0.0267 e. The third-order valence-corrected chi connectivity index (χ3v) is 9.55. The summed E-state index contributed by atoms with van der Waals surface area (Å²) in [6, 6.07) is 7.56. The molecule has 3 nitrogen and oxygen atoms in total. The molecule has 141 valence electrons. The Morgan fingerprint density at radius 3 is 1.12 bits per heavy atom. The largest absolute Gasteiger partial charge is 0.265 e. The number of rotatable bonds is 7. The van der Waals surface area contributed by atoms with E-state index in [-0.39, 0.29) is 3.82 Å². The van der Waals surface area contributed by atoms with Gasteiger partial charge in [-0.1, -0.05) is 6.07 Å². The van der Waals surface area contributed by atoms with Crippen molar-refractivity contribution in [3.8, 4) is 0 Å². The zero-order chi connectivity index (χ0) is 18.9. The summed E-state index contributed by atoms with van der Waals surface area (Å²) >= 11 is -2.39. The van der Waals surface area contributed by atoms with Crippen molar-refractivity contribution < 1.29 is 0 Å². The summed E-state index contributed by atoms with van der Waals surface area (Å²) in [5.41, 5.74) is 0. The molecular weight excluding hydrogens is 538 g/mol. The molecule has 24 heavy (non-hydrogen) atoms. The molecule has 0 saturated heterocycles. The Kier molecular flexibility index (Phi) is 13.1. The second kappa shape index (κ2) is 12.8. The SMILES string of the molecule is CC(C)N(C(C)C)[CH](N(C(C)C)C(C)C)[Po]([Cl])[Cl].c1ccncc1. The average Bonchev–Trinajstić information content (AvgIpc) is 2.47. The van der Waals surface area contributed by atoms with E-state index >= 15 is 0 Å². The van der Waals surface area contributed by atoms with Crippen molar-refractivity contribution in [3.05, 3.63) is 30.6 Å². The van der Waals surface area contributed by atoms with Crippen LogP contribution in [0, 0.1) is 0 Å². The van der Waals surface area contributed by atoms with E-state index in [1.807, 2.05) is 18.2 Å². The van der Waals surface area contributed by atoms with Crippen LogP contribution in [0.4, 0.5) is 0 Å². The van der Waals surface area contributed by atoms with E-state index < -0.39 is 19.7 Å². The Morgan fingerprint density at radius 1 is 0.667 bits per heavy atom. The molecule has 1 heterocycles. The first-order valence-corrected chi connectivity index (χ1v) is 18.2. The Balaban J connectivity index is 0.000000728. The molecule has 0 spiro atoms. The van der Waals surface area contributed by atoms with Crippen LogP contribution in [0.25, 0.3) is 0 Å². The molecule has 0 aromatic carbocycles. The summed E-state index contributed by atoms with van der Waals surface area (Å²) in [6.07, 6.45) is 3.50. The minimum atomic E-state index is -2.39. The van der Waals surface area contributed by atoms with Crippen LogP contribution in [0.1, 0.15) is 55.4 Å². The molecule has 6 heteroatoms. The monoisotopic (exact) mass is 571 g/mol. The molecule has 0 saturated carbocycles. The van der Waals surface area contributed by atoms with Crippen molar-refractivity contribution >= 4 is 36.6 Å². The van der Waals surface area contributed by atoms with E-state index in [9.17, 15) is 0 Å². The van der Waals surface area contributed by atoms with Crippen LogP contribution in [0.5, 0.6) is 0 Å². The van der Waals surface area contributed by atoms with Crippen molar-refractivity contribution in [1.29, 1.82) is 0 Å². The summed E-state index contributed by atoms with van der Waals surface area (Å²) < 4.78 is 0.244. The molecule has 0 aliphatic carbocycles. The van der Waals surface area contributed by atoms with Gasteiger partial charge in [-0.2, -0.15) is 0 Å². The maximum absolute atomic E-state index is 6.49. The average molecular weight is 572 g/mol. The Bertz CT molecular complexity index is 351. The molecule has 1 aromatic rings. The van der Waals surface area contributed by atoms with Crippen LogP contribution in [0.3, 0.4) is 0 Å². The van der Waals surface area contributed by atoms with Crippen LogP contribution in [-0.4, -0.2) is 62.4 Å². The Hall–Kier alpha value is 0.546. The van der Waals surface area contributed by atoms with Crippen LogP contribution in [0.2, 0.25) is 0 Å². The predicted molar refractivity (Wildman–Crippen MR) is 110 cm³/mol. The van der Waals surface area contributed by atoms with Gasteiger partial charge in [-0.25, -0.2) is 0 Å². The first-order chi connectivity index (χ1) is 11.1. The maximum Gasteiger partial charge on any atom is 0.0267 e. The van der Waals surface area contributed by atoms with Crippen molar-refractivity contribution in [1.82, 2.24) is 14.8 Å². The zero-order valence-electron chi connectivity index (χ0n) is 16.3. The maximum atomic E-state index is 6.49. The molecule has 0 unspecified atom stereocenters. The van der Waals surface area contributed by atoms with E-state index in [2.05, 4.69) is 70.2 Å². The van der Waals surface area contributed by atoms with Gasteiger partial charge < -0.3 is 0 Å². The second-order valence-electron chi connectivity index (χ2n) is 6.86. The molecule has 0 fully saturated rings. The number of pyridine rings is 1. The van der Waals surface area contributed by atoms with Gasteiger partial charge in [0.15, 0.2) is 0 Å². The van der Waals surface area contributed by atoms with Crippen molar-refractivity contribution in [2.24, 2.45) is 0 Å². The minimum Gasteiger partial charge on any atom is -0.265 e. The third-order valence-electron chi connectivity index (χ3n) is 3.62. The number of hydrogen-bond acceptors (Lipinski definition) is 3. The van der Waals surface area contributed by atoms with Gasteiger partial charge in [-0.3, -0.25) is 4.98 Å². The molecule has 0 aliphatic rings. The van der Waals surface area contributed by atoms with Crippen molar-refractivity contribution in [2.45, 2.75) is 83.4 Å². The normalized spacial score (nSPS) is 12.2. The zero-order valence-corrected chi connectivity index (χ0v) is 21.0. The summed E-state index contributed by atoms with van der Waals surface area (Å²) in [4.78, 5) is 8.74. The second-order valence-corrected chi connectivity index (χ2v) is 17.6. The summed E-state index contributed by atoms with van der Waals surface area (Å²) in [5, 5.41) is 0. The molecular formula is C18H34Cl2N3Po. The van der Waals surface area contributed by atoms with Gasteiger partial charge in [0, 0.05) is 12.4 Å². The molecule has 0 bridgehead atoms. The molecule has 0 aliphatic heterocycles. The van der Waals surface area contributed by atoms with Crippen molar-refractivity contribution in [2.75, 3.05) is 0 Å². The van der Waals surface area contributed by atoms with E-state index in [1.54, 1.807) is 12.4 Å². The van der Waals surface area contributed by atoms with E-state index in [1.165, 1.54) is 0 Å². The Labute approximate surface area is 164 Å². The van der Waals surface area contributed by atoms with Crippen LogP contribution >= 0.6 is 16.9 Å². The van der Waals surface area contributed by atoms with Gasteiger partial charge in [-0.05, 0) is 12.1 Å². The minimum absolute atomic E-state index is 0.244. The van der Waals surface area contributed by atoms with Gasteiger partial charge in [0.05, 0.1) is 0 Å². The first-order valence-electron chi connectivity index (χ1n) is 8.56. The quantitative estimate of drug-likeness (QED) is 0.423. The predicted octanol–water partition coefficient (Wildman–Crippen LogP) is 5.14. The number of aromatic nitrogens is 1. The van der Waals surface area contributed by atoms with Gasteiger partial charge in [0.25, 0.3) is 0 Å². The van der Waals surface area contributed by atoms with Crippen LogP contribution in [0.15, 0.2) is 30.6 Å². The van der Waals surface area contributed by atoms with E-state index in [0.717, 1.165) is 0 Å². The number of hydrogen-bond donors (Lipinski definition) is 0. The first kappa shape index (κ1) is 24.5. The van der Waals surface area contributed by atoms with E-state index in [4.69, 9.17) is 16.9 Å². The molecule has 1 rings (SSSR count). The number of halogens is 2. The van der Waals surface area contributed by atoms with Gasteiger partial charge in [0.1, 0.15) is 0 Å². The van der Waals surface area contributed by atoms with Gasteiger partial charge in [-0.15, -0.1) is 0 Å². The fourth-order valence-electron chi connectivity index (χ4n) is 2.86. The van der Waals surface area contributed by atoms with E-state index in [0.29, 0.717) is 24.2 Å². The molecule has 0 amide bonds. The molecule has 1 aromatic heterocycles. The summed E-state index contributed by atoms with van der Waals surface area (Å²) in [7, 11) is 13.0. The Morgan fingerprint density at radius 2 is 1.00 bits per heavy atom. The van der Waals surface area contributed by atoms with Crippen molar-refractivity contribution in [3.63, 3.8) is 0 Å². The fourth-order valence-corrected chi connectivity index (χ4v) is 11.3. The molecule has 1 radical (unpaired) electrons. The standard InChI is InChI=1S/C13H29N2.C5H5N.2ClH.Po/c1-10(2)14(11(3)4)9-15(12(5)6)13(7)8;1-2-4-6-5-3-1;;;/h9-13H,1-8H3;1-5H;2*1H;/q;;;;+2/p-2. The summed E-state index contributed by atoms with van der Waals surface area (Å²) in [6.45, 7) is 17.8. The number of nitrogens with zero attached hydrogens (tertiary/aromatic N) is 3. The fraction of sp³-hybridized carbons (Fsp3) is 0.722. The third kappa shape index (κ3) is 8.77. The summed E-state index contributed by atoms with van der Waals surface area (Å²) in [5.74, 6) is 0. The van der Waals surface area contributed by atoms with Gasteiger partial charge in [0.2, 0.25) is 0 Å². The van der Waals surface area contributed by atoms with Crippen LogP contribution in [-0.2, 0) is 0 Å².